The Balaban J connectivity index is 1.18. The monoisotopic (exact) mass is 489 g/mol. The third-order valence-corrected chi connectivity index (χ3v) is 7.02. The summed E-state index contributed by atoms with van der Waals surface area (Å²) in [6.45, 7) is 8.22. The topological polar surface area (TPSA) is 36.0 Å². The van der Waals surface area contributed by atoms with E-state index in [2.05, 4.69) is 21.6 Å². The first-order valence-electron chi connectivity index (χ1n) is 12.4. The van der Waals surface area contributed by atoms with Crippen molar-refractivity contribution in [3.8, 4) is 5.75 Å². The normalized spacial score (nSPS) is 19.8. The quantitative estimate of drug-likeness (QED) is 0.368. The van der Waals surface area contributed by atoms with E-state index in [9.17, 15) is 18.0 Å². The van der Waals surface area contributed by atoms with Gasteiger partial charge in [-0.3, -0.25) is 9.69 Å². The summed E-state index contributed by atoms with van der Waals surface area (Å²) in [5, 5.41) is 0. The molecule has 0 saturated carbocycles. The molecule has 0 aromatic heterocycles. The number of likely N-dealkylation sites (tertiary alicyclic amines) is 1. The van der Waals surface area contributed by atoms with E-state index in [-0.39, 0.29) is 5.78 Å². The predicted molar refractivity (Wildman–Crippen MR) is 131 cm³/mol. The van der Waals surface area contributed by atoms with Crippen molar-refractivity contribution in [2.24, 2.45) is 0 Å². The number of anilines is 1. The van der Waals surface area contributed by atoms with Crippen LogP contribution in [0.4, 0.5) is 18.9 Å². The molecule has 2 aromatic carbocycles. The number of nitrogens with zero attached hydrogens (tertiary/aromatic N) is 3. The number of Topliss-reactive ketones (excluding diaryl/α,β-unsaturated/α-hetero) is 1. The Bertz CT molecular complexity index is 955. The molecule has 0 spiro atoms. The Morgan fingerprint density at radius 1 is 0.971 bits per heavy atom. The number of carbonyl (C=O) groups excluding carboxylic acids is 1. The van der Waals surface area contributed by atoms with Crippen molar-refractivity contribution < 1.29 is 22.7 Å². The van der Waals surface area contributed by atoms with Crippen molar-refractivity contribution in [2.75, 3.05) is 57.3 Å². The second-order valence-corrected chi connectivity index (χ2v) is 9.48. The highest BCUT2D eigenvalue weighted by Crippen LogP contribution is 2.30. The Morgan fingerprint density at radius 2 is 1.66 bits per heavy atom. The van der Waals surface area contributed by atoms with Crippen LogP contribution >= 0.6 is 0 Å². The Hall–Kier alpha value is -2.58. The van der Waals surface area contributed by atoms with E-state index < -0.39 is 11.7 Å². The molecule has 35 heavy (non-hydrogen) atoms. The zero-order chi connectivity index (χ0) is 24.8. The second kappa shape index (κ2) is 11.4. The predicted octanol–water partition coefficient (Wildman–Crippen LogP) is 4.96. The summed E-state index contributed by atoms with van der Waals surface area (Å²) in [5.74, 6) is 0.837. The van der Waals surface area contributed by atoms with Crippen LogP contribution in [-0.4, -0.2) is 74.0 Å². The molecule has 0 aliphatic carbocycles. The number of piperazine rings is 1. The molecular formula is C27H34F3N3O2. The molecular weight excluding hydrogens is 455 g/mol. The molecule has 2 aromatic rings. The van der Waals surface area contributed by atoms with Crippen LogP contribution in [0.2, 0.25) is 0 Å². The maximum atomic E-state index is 12.8. The molecule has 1 atom stereocenters. The summed E-state index contributed by atoms with van der Waals surface area (Å²) >= 11 is 0. The molecule has 0 N–H and O–H groups in total. The number of carbonyl (C=O) groups is 1. The lowest BCUT2D eigenvalue weighted by Gasteiger charge is -2.35. The molecule has 2 fully saturated rings. The lowest BCUT2D eigenvalue weighted by molar-refractivity contribution is -0.137. The largest absolute Gasteiger partial charge is 0.494 e. The van der Waals surface area contributed by atoms with Crippen LogP contribution in [0, 0.1) is 0 Å². The van der Waals surface area contributed by atoms with Gasteiger partial charge in [0.05, 0.1) is 18.7 Å². The molecule has 0 unspecified atom stereocenters. The first kappa shape index (κ1) is 25.5. The van der Waals surface area contributed by atoms with Crippen molar-refractivity contribution in [3.63, 3.8) is 0 Å². The fourth-order valence-electron chi connectivity index (χ4n) is 4.84. The van der Waals surface area contributed by atoms with Gasteiger partial charge < -0.3 is 14.5 Å². The number of benzene rings is 2. The number of hydrogen-bond acceptors (Lipinski definition) is 5. The Labute approximate surface area is 205 Å². The maximum absolute atomic E-state index is 12.8. The summed E-state index contributed by atoms with van der Waals surface area (Å²) in [6.07, 6.45) is -0.769. The maximum Gasteiger partial charge on any atom is 0.416 e. The number of ether oxygens (including phenoxy) is 1. The van der Waals surface area contributed by atoms with Crippen LogP contribution in [0.25, 0.3) is 0 Å². The Morgan fingerprint density at radius 3 is 2.26 bits per heavy atom. The summed E-state index contributed by atoms with van der Waals surface area (Å²) in [5.41, 5.74) is 0.793. The van der Waals surface area contributed by atoms with Crippen LogP contribution in [0.1, 0.15) is 42.1 Å². The SMILES string of the molecule is C[C@@H]1CCCN1CCCOc1ccc(C(=O)CN2CCN(c3ccc(C(F)(F)F)cc3)CC2)cc1. The first-order valence-corrected chi connectivity index (χ1v) is 12.4. The van der Waals surface area contributed by atoms with E-state index in [0.717, 1.165) is 36.5 Å². The average molecular weight is 490 g/mol. The number of rotatable bonds is 9. The number of hydrogen-bond donors (Lipinski definition) is 0. The van der Waals surface area contributed by atoms with Crippen LogP contribution in [0.5, 0.6) is 5.75 Å². The van der Waals surface area contributed by atoms with Crippen molar-refractivity contribution >= 4 is 11.5 Å². The summed E-state index contributed by atoms with van der Waals surface area (Å²) in [6, 6.07) is 13.3. The highest BCUT2D eigenvalue weighted by molar-refractivity contribution is 5.97. The molecule has 2 saturated heterocycles. The zero-order valence-electron chi connectivity index (χ0n) is 20.3. The van der Waals surface area contributed by atoms with E-state index >= 15 is 0 Å². The van der Waals surface area contributed by atoms with Gasteiger partial charge in [-0.1, -0.05) is 0 Å². The van der Waals surface area contributed by atoms with Crippen molar-refractivity contribution in [3.05, 3.63) is 59.7 Å². The summed E-state index contributed by atoms with van der Waals surface area (Å²) in [7, 11) is 0. The summed E-state index contributed by atoms with van der Waals surface area (Å²) in [4.78, 5) is 19.4. The minimum Gasteiger partial charge on any atom is -0.494 e. The number of alkyl halides is 3. The van der Waals surface area contributed by atoms with Crippen LogP contribution in [0.3, 0.4) is 0 Å². The second-order valence-electron chi connectivity index (χ2n) is 9.48. The third kappa shape index (κ3) is 6.98. The fourth-order valence-corrected chi connectivity index (χ4v) is 4.84. The van der Waals surface area contributed by atoms with Crippen molar-refractivity contribution in [1.29, 1.82) is 0 Å². The highest BCUT2D eigenvalue weighted by atomic mass is 19.4. The van der Waals surface area contributed by atoms with Gasteiger partial charge in [0.25, 0.3) is 0 Å². The van der Waals surface area contributed by atoms with E-state index in [0.29, 0.717) is 50.9 Å². The van der Waals surface area contributed by atoms with Gasteiger partial charge >= 0.3 is 6.18 Å². The smallest absolute Gasteiger partial charge is 0.416 e. The molecule has 2 aliphatic heterocycles. The van der Waals surface area contributed by atoms with Crippen LogP contribution in [0.15, 0.2) is 48.5 Å². The number of ketones is 1. The molecule has 2 aliphatic rings. The van der Waals surface area contributed by atoms with Gasteiger partial charge in [0.15, 0.2) is 5.78 Å². The lowest BCUT2D eigenvalue weighted by atomic mass is 10.1. The van der Waals surface area contributed by atoms with Crippen molar-refractivity contribution in [2.45, 2.75) is 38.4 Å². The van der Waals surface area contributed by atoms with E-state index in [1.54, 1.807) is 0 Å². The van der Waals surface area contributed by atoms with E-state index in [1.165, 1.54) is 31.5 Å². The minimum atomic E-state index is -4.33. The lowest BCUT2D eigenvalue weighted by Crippen LogP contribution is -2.48. The average Bonchev–Trinajstić information content (AvgIpc) is 3.27. The molecule has 4 rings (SSSR count). The van der Waals surface area contributed by atoms with Crippen LogP contribution < -0.4 is 9.64 Å². The standard InChI is InChI=1S/C27H34F3N3O2/c1-21-4-2-13-32(21)14-3-19-35-25-11-5-22(6-12-25)26(34)20-31-15-17-33(18-16-31)24-9-7-23(8-10-24)27(28,29)30/h5-12,21H,2-4,13-20H2,1H3/t21-/m1/s1. The molecule has 0 amide bonds. The minimum absolute atomic E-state index is 0.0579. The molecule has 5 nitrogen and oxygen atoms in total. The first-order chi connectivity index (χ1) is 16.8. The highest BCUT2D eigenvalue weighted by Gasteiger charge is 2.30. The summed E-state index contributed by atoms with van der Waals surface area (Å²) < 4.78 is 44.2. The fraction of sp³-hybridized carbons (Fsp3) is 0.519. The van der Waals surface area contributed by atoms with E-state index in [4.69, 9.17) is 4.74 Å². The van der Waals surface area contributed by atoms with Gasteiger partial charge in [-0.2, -0.15) is 13.2 Å². The third-order valence-electron chi connectivity index (χ3n) is 7.02. The number of halogens is 3. The Kier molecular flexibility index (Phi) is 8.34. The van der Waals surface area contributed by atoms with Gasteiger partial charge in [-0.15, -0.1) is 0 Å². The molecule has 0 radical (unpaired) electrons. The molecule has 8 heteroatoms. The molecule has 2 heterocycles. The van der Waals surface area contributed by atoms with Crippen molar-refractivity contribution in [1.82, 2.24) is 9.80 Å². The van der Waals surface area contributed by atoms with E-state index in [1.807, 2.05) is 24.3 Å². The van der Waals surface area contributed by atoms with Gasteiger partial charge in [-0.05, 0) is 81.3 Å². The van der Waals surface area contributed by atoms with Gasteiger partial charge in [-0.25, -0.2) is 0 Å². The van der Waals surface area contributed by atoms with Gasteiger partial charge in [0.2, 0.25) is 0 Å². The van der Waals surface area contributed by atoms with Crippen LogP contribution in [-0.2, 0) is 6.18 Å². The zero-order valence-corrected chi connectivity index (χ0v) is 20.3. The van der Waals surface area contributed by atoms with Gasteiger partial charge in [0.1, 0.15) is 5.75 Å². The van der Waals surface area contributed by atoms with Gasteiger partial charge in [0, 0.05) is 50.0 Å². The molecule has 190 valence electrons. The molecule has 0 bridgehead atoms.